The number of rotatable bonds is 5. The summed E-state index contributed by atoms with van der Waals surface area (Å²) in [6.07, 6.45) is 11.8. The van der Waals surface area contributed by atoms with Gasteiger partial charge in [-0.3, -0.25) is 15.0 Å². The van der Waals surface area contributed by atoms with Crippen LogP contribution in [0.3, 0.4) is 0 Å². The molecule has 8 nitrogen and oxygen atoms in total. The molecule has 0 spiro atoms. The van der Waals surface area contributed by atoms with Crippen molar-refractivity contribution < 1.29 is 4.74 Å². The molecule has 6 heterocycles. The predicted octanol–water partition coefficient (Wildman–Crippen LogP) is 4.05. The van der Waals surface area contributed by atoms with Crippen LogP contribution in [0.15, 0.2) is 48.1 Å². The highest BCUT2D eigenvalue weighted by Gasteiger charge is 2.22. The van der Waals surface area contributed by atoms with Crippen LogP contribution < -0.4 is 4.74 Å². The van der Waals surface area contributed by atoms with Crippen molar-refractivity contribution in [3.8, 4) is 17.0 Å². The van der Waals surface area contributed by atoms with E-state index in [2.05, 4.69) is 39.0 Å². The van der Waals surface area contributed by atoms with E-state index in [1.54, 1.807) is 6.20 Å². The summed E-state index contributed by atoms with van der Waals surface area (Å²) in [6, 6.07) is 6.30. The van der Waals surface area contributed by atoms with E-state index >= 15 is 0 Å². The van der Waals surface area contributed by atoms with Gasteiger partial charge in [0.1, 0.15) is 17.5 Å². The number of aromatic nitrogens is 4. The van der Waals surface area contributed by atoms with Crippen molar-refractivity contribution in [3.05, 3.63) is 48.5 Å². The van der Waals surface area contributed by atoms with Gasteiger partial charge in [-0.2, -0.15) is 5.10 Å². The number of pyridine rings is 3. The molecule has 1 unspecified atom stereocenters. The lowest BCUT2D eigenvalue weighted by molar-refractivity contribution is 0.104. The van der Waals surface area contributed by atoms with Gasteiger partial charge in [-0.05, 0) is 43.1 Å². The quantitative estimate of drug-likeness (QED) is 0.489. The number of hydrazone groups is 1. The van der Waals surface area contributed by atoms with Gasteiger partial charge >= 0.3 is 0 Å². The van der Waals surface area contributed by atoms with Gasteiger partial charge in [-0.25, -0.2) is 4.98 Å². The molecule has 1 fully saturated rings. The van der Waals surface area contributed by atoms with E-state index < -0.39 is 0 Å². The highest BCUT2D eigenvalue weighted by atomic mass is 16.5. The van der Waals surface area contributed by atoms with Gasteiger partial charge in [0, 0.05) is 68.2 Å². The number of H-pyrrole nitrogens is 1. The standard InChI is InChI=1S/C26H29N7O/c1-3-33-8-5-19(6-9-33)34-25-4-7-27-14-22(25)23-11-20-21-10-17(18-13-30-32(2)16-18)12-29-26(21)31-24(20)15-28-23/h4,7,10-15,18-19H,3,5-6,8-9,16H2,1-2H3,(H,29,31). The Balaban J connectivity index is 1.34. The molecular formula is C26H29N7O. The van der Waals surface area contributed by atoms with Crippen molar-refractivity contribution in [2.75, 3.05) is 33.2 Å². The first-order chi connectivity index (χ1) is 16.7. The monoisotopic (exact) mass is 455 g/mol. The second-order valence-corrected chi connectivity index (χ2v) is 9.24. The lowest BCUT2D eigenvalue weighted by Gasteiger charge is -2.31. The third-order valence-corrected chi connectivity index (χ3v) is 7.02. The molecule has 1 saturated heterocycles. The minimum atomic E-state index is 0.221. The highest BCUT2D eigenvalue weighted by molar-refractivity contribution is 6.07. The third-order valence-electron chi connectivity index (χ3n) is 7.02. The number of likely N-dealkylation sites (tertiary alicyclic amines) is 1. The minimum Gasteiger partial charge on any atom is -0.490 e. The maximum absolute atomic E-state index is 6.47. The number of nitrogens with zero attached hydrogens (tertiary/aromatic N) is 6. The molecule has 0 radical (unpaired) electrons. The molecule has 2 aliphatic heterocycles. The number of aromatic amines is 1. The zero-order valence-corrected chi connectivity index (χ0v) is 19.6. The number of hydrogen-bond donors (Lipinski definition) is 1. The average Bonchev–Trinajstić information content (AvgIpc) is 3.47. The van der Waals surface area contributed by atoms with Crippen LogP contribution in [0.1, 0.15) is 31.2 Å². The van der Waals surface area contributed by atoms with E-state index in [0.29, 0.717) is 0 Å². The first-order valence-electron chi connectivity index (χ1n) is 12.0. The number of nitrogens with one attached hydrogen (secondary N) is 1. The Hall–Kier alpha value is -3.52. The van der Waals surface area contributed by atoms with Gasteiger partial charge in [0.25, 0.3) is 0 Å². The van der Waals surface area contributed by atoms with Crippen LogP contribution >= 0.6 is 0 Å². The van der Waals surface area contributed by atoms with Crippen LogP contribution in [0.5, 0.6) is 5.75 Å². The summed E-state index contributed by atoms with van der Waals surface area (Å²) in [5, 5.41) is 8.54. The van der Waals surface area contributed by atoms with Crippen LogP contribution in [0, 0.1) is 0 Å². The Kier molecular flexibility index (Phi) is 5.37. The molecule has 0 aliphatic carbocycles. The van der Waals surface area contributed by atoms with Gasteiger partial charge in [-0.15, -0.1) is 0 Å². The van der Waals surface area contributed by atoms with E-state index in [-0.39, 0.29) is 12.0 Å². The van der Waals surface area contributed by atoms with Crippen molar-refractivity contribution in [3.63, 3.8) is 0 Å². The lowest BCUT2D eigenvalue weighted by atomic mass is 10.0. The normalized spacial score (nSPS) is 19.5. The Bertz CT molecular complexity index is 1360. The topological polar surface area (TPSA) is 82.5 Å². The van der Waals surface area contributed by atoms with E-state index in [0.717, 1.165) is 78.0 Å². The van der Waals surface area contributed by atoms with E-state index in [1.165, 1.54) is 5.56 Å². The van der Waals surface area contributed by atoms with Crippen molar-refractivity contribution in [2.24, 2.45) is 5.10 Å². The molecule has 4 aromatic rings. The van der Waals surface area contributed by atoms with Gasteiger partial charge in [0.2, 0.25) is 0 Å². The average molecular weight is 456 g/mol. The molecule has 1 atom stereocenters. The SMILES string of the molecule is CCN1CCC(Oc2ccncc2-c2cc3c(cn2)[nH]c2ncc(C4C=NN(C)C4)cc23)CC1. The highest BCUT2D eigenvalue weighted by Crippen LogP contribution is 2.34. The van der Waals surface area contributed by atoms with E-state index in [9.17, 15) is 0 Å². The molecule has 6 rings (SSSR count). The summed E-state index contributed by atoms with van der Waals surface area (Å²) in [5.41, 5.74) is 4.79. The van der Waals surface area contributed by atoms with Gasteiger partial charge in [-0.1, -0.05) is 6.92 Å². The van der Waals surface area contributed by atoms with Crippen molar-refractivity contribution in [1.29, 1.82) is 0 Å². The molecule has 0 bridgehead atoms. The first kappa shape index (κ1) is 21.0. The summed E-state index contributed by atoms with van der Waals surface area (Å²) in [5.74, 6) is 1.10. The Morgan fingerprint density at radius 1 is 1.09 bits per heavy atom. The molecule has 0 saturated carbocycles. The third kappa shape index (κ3) is 3.88. The number of piperidine rings is 1. The summed E-state index contributed by atoms with van der Waals surface area (Å²) in [4.78, 5) is 19.7. The minimum absolute atomic E-state index is 0.221. The summed E-state index contributed by atoms with van der Waals surface area (Å²) in [6.45, 7) is 6.35. The smallest absolute Gasteiger partial charge is 0.138 e. The second-order valence-electron chi connectivity index (χ2n) is 9.24. The maximum Gasteiger partial charge on any atom is 0.138 e. The molecule has 4 aromatic heterocycles. The predicted molar refractivity (Wildman–Crippen MR) is 134 cm³/mol. The first-order valence-corrected chi connectivity index (χ1v) is 12.0. The van der Waals surface area contributed by atoms with Gasteiger partial charge in [0.05, 0.1) is 23.0 Å². The summed E-state index contributed by atoms with van der Waals surface area (Å²) in [7, 11) is 1.99. The fourth-order valence-corrected chi connectivity index (χ4v) is 5.01. The second kappa shape index (κ2) is 8.68. The van der Waals surface area contributed by atoms with Crippen LogP contribution in [-0.2, 0) is 0 Å². The molecule has 0 aromatic carbocycles. The van der Waals surface area contributed by atoms with Crippen LogP contribution in [0.25, 0.3) is 33.2 Å². The molecule has 0 amide bonds. The van der Waals surface area contributed by atoms with E-state index in [4.69, 9.17) is 14.7 Å². The van der Waals surface area contributed by atoms with Crippen molar-refractivity contribution in [1.82, 2.24) is 29.8 Å². The molecule has 34 heavy (non-hydrogen) atoms. The number of likely N-dealkylation sites (N-methyl/N-ethyl adjacent to an activating group) is 1. The molecule has 174 valence electrons. The molecule has 8 heteroatoms. The molecule has 2 aliphatic rings. The zero-order valence-electron chi connectivity index (χ0n) is 19.6. The van der Waals surface area contributed by atoms with Crippen LogP contribution in [-0.4, -0.2) is 75.4 Å². The Labute approximate surface area is 198 Å². The largest absolute Gasteiger partial charge is 0.490 e. The Morgan fingerprint density at radius 2 is 1.97 bits per heavy atom. The maximum atomic E-state index is 6.47. The number of fused-ring (bicyclic) bond motifs is 3. The fourth-order valence-electron chi connectivity index (χ4n) is 5.01. The van der Waals surface area contributed by atoms with Crippen LogP contribution in [0.2, 0.25) is 0 Å². The molecular weight excluding hydrogens is 426 g/mol. The van der Waals surface area contributed by atoms with Gasteiger partial charge in [0.15, 0.2) is 0 Å². The summed E-state index contributed by atoms with van der Waals surface area (Å²) < 4.78 is 6.47. The summed E-state index contributed by atoms with van der Waals surface area (Å²) >= 11 is 0. The molecule has 1 N–H and O–H groups in total. The zero-order chi connectivity index (χ0) is 23.1. The van der Waals surface area contributed by atoms with Crippen molar-refractivity contribution in [2.45, 2.75) is 31.8 Å². The number of hydrogen-bond acceptors (Lipinski definition) is 7. The van der Waals surface area contributed by atoms with Crippen LogP contribution in [0.4, 0.5) is 0 Å². The number of ether oxygens (including phenoxy) is 1. The van der Waals surface area contributed by atoms with Gasteiger partial charge < -0.3 is 14.6 Å². The van der Waals surface area contributed by atoms with E-state index in [1.807, 2.05) is 42.9 Å². The Morgan fingerprint density at radius 3 is 2.76 bits per heavy atom. The fraction of sp³-hybridized carbons (Fsp3) is 0.385. The lowest BCUT2D eigenvalue weighted by Crippen LogP contribution is -2.38. The van der Waals surface area contributed by atoms with Crippen molar-refractivity contribution >= 4 is 28.2 Å².